The van der Waals surface area contributed by atoms with E-state index in [9.17, 15) is 0 Å². The molecule has 0 atom stereocenters. The normalized spacial score (nSPS) is 9.14. The van der Waals surface area contributed by atoms with Crippen molar-refractivity contribution in [3.63, 3.8) is 0 Å². The van der Waals surface area contributed by atoms with Gasteiger partial charge < -0.3 is 19.2 Å². The van der Waals surface area contributed by atoms with Crippen molar-refractivity contribution in [3.05, 3.63) is 0 Å². The molecule has 0 aliphatic carbocycles. The fourth-order valence-electron chi connectivity index (χ4n) is 0. The minimum atomic E-state index is -4.61. The maximum Gasteiger partial charge on any atom is 0.668 e. The first-order chi connectivity index (χ1) is 3.00. The molecule has 0 heterocycles. The first-order valence-corrected chi connectivity index (χ1v) is 3.30. The molecule has 0 unspecified atom stereocenters. The second-order valence-electron chi connectivity index (χ2n) is 0.600. The minimum Gasteiger partial charge on any atom is -0.368 e. The average Bonchev–Trinajstić information content (AvgIpc) is 1.36. The monoisotopic (exact) mass is 144 g/mol. The molecule has 7 heteroatoms. The van der Waals surface area contributed by atoms with Crippen LogP contribution < -0.4 is 0 Å². The zero-order valence-corrected chi connectivity index (χ0v) is 5.20. The summed E-state index contributed by atoms with van der Waals surface area (Å²) in [6.45, 7) is 0. The van der Waals surface area contributed by atoms with Crippen molar-refractivity contribution in [3.8, 4) is 0 Å². The van der Waals surface area contributed by atoms with Crippen molar-refractivity contribution in [2.45, 2.75) is 0 Å². The number of hydrogen-bond acceptors (Lipinski definition) is 5. The number of hydrogen-bond donors (Lipinski definition) is 4. The highest BCUT2D eigenvalue weighted by Gasteiger charge is 2.22. The van der Waals surface area contributed by atoms with Crippen molar-refractivity contribution < 1.29 is 23.7 Å². The molecule has 0 spiro atoms. The van der Waals surface area contributed by atoms with Gasteiger partial charge in [-0.05, 0) is 0 Å². The predicted molar refractivity (Wildman–Crippen MR) is 23.6 cm³/mol. The Morgan fingerprint density at radius 3 is 1.00 bits per heavy atom. The lowest BCUT2D eigenvalue weighted by Gasteiger charge is -1.91. The zero-order valence-electron chi connectivity index (χ0n) is 3.20. The van der Waals surface area contributed by atoms with Crippen LogP contribution in [0.2, 0.25) is 0 Å². The van der Waals surface area contributed by atoms with E-state index >= 15 is 0 Å². The van der Waals surface area contributed by atoms with Crippen molar-refractivity contribution >= 4 is 18.2 Å². The van der Waals surface area contributed by atoms with Gasteiger partial charge in [0.25, 0.3) is 0 Å². The van der Waals surface area contributed by atoms with Gasteiger partial charge in [0.15, 0.2) is 0 Å². The third-order valence-electron chi connectivity index (χ3n) is 0. The maximum absolute atomic E-state index is 8.06. The zero-order chi connectivity index (χ0) is 6.50. The molecule has 0 aromatic rings. The van der Waals surface area contributed by atoms with Crippen LogP contribution in [0.15, 0.2) is 0 Å². The van der Waals surface area contributed by atoms with Crippen molar-refractivity contribution in [2.75, 3.05) is 0 Å². The molecular weight excluding hydrogens is 139 g/mol. The summed E-state index contributed by atoms with van der Waals surface area (Å²) in [5.74, 6) is 0. The highest BCUT2D eigenvalue weighted by molar-refractivity contribution is 7.00. The van der Waals surface area contributed by atoms with E-state index in [4.69, 9.17) is 23.7 Å². The lowest BCUT2D eigenvalue weighted by Crippen LogP contribution is -2.33. The van der Waals surface area contributed by atoms with Gasteiger partial charge in [-0.1, -0.05) is 0 Å². The summed E-state index contributed by atoms with van der Waals surface area (Å²) in [6, 6.07) is 0. The molecule has 7 heavy (non-hydrogen) atoms. The maximum atomic E-state index is 8.06. The molecule has 4 N–H and O–H groups in total. The lowest BCUT2D eigenvalue weighted by molar-refractivity contribution is 0.117. The van der Waals surface area contributed by atoms with E-state index in [0.29, 0.717) is 0 Å². The van der Waals surface area contributed by atoms with Crippen LogP contribution in [-0.2, 0) is 4.57 Å². The highest BCUT2D eigenvalue weighted by atomic mass is 31.0. The summed E-state index contributed by atoms with van der Waals surface area (Å²) in [4.78, 5) is 29.3. The Bertz CT molecular complexity index is 31.8. The van der Waals surface area contributed by atoms with E-state index in [1.807, 2.05) is 0 Å². The van der Waals surface area contributed by atoms with Gasteiger partial charge in [-0.3, -0.25) is 4.57 Å². The van der Waals surface area contributed by atoms with Crippen LogP contribution >= 0.6 is 9.12 Å². The second kappa shape index (κ2) is 4.32. The minimum absolute atomic E-state index is 1.72. The molecule has 0 aliphatic rings. The first kappa shape index (κ1) is 10.2. The molecule has 5 nitrogen and oxygen atoms in total. The van der Waals surface area contributed by atoms with Gasteiger partial charge in [0, 0.05) is 0 Å². The fourth-order valence-corrected chi connectivity index (χ4v) is 0. The van der Waals surface area contributed by atoms with Gasteiger partial charge >= 0.3 is 9.05 Å². The summed E-state index contributed by atoms with van der Waals surface area (Å²) in [5.41, 5.74) is 0. The largest absolute Gasteiger partial charge is 0.668 e. The Labute approximate surface area is 43.0 Å². The van der Waals surface area contributed by atoms with E-state index in [-0.39, 0.29) is 0 Å². The average molecular weight is 144 g/mol. The lowest BCUT2D eigenvalue weighted by atomic mass is 15.7. The molecule has 0 rings (SSSR count). The van der Waals surface area contributed by atoms with Crippen molar-refractivity contribution in [1.29, 1.82) is 0 Å². The molecule has 0 saturated heterocycles. The van der Waals surface area contributed by atoms with Crippen LogP contribution in [0, 0.1) is 0 Å². The van der Waals surface area contributed by atoms with Crippen molar-refractivity contribution in [2.24, 2.45) is 0 Å². The third kappa shape index (κ3) is 4320. The Morgan fingerprint density at radius 2 is 1.00 bits per heavy atom. The van der Waals surface area contributed by atoms with E-state index < -0.39 is 9.05 Å². The third-order valence-corrected chi connectivity index (χ3v) is 0. The topological polar surface area (TPSA) is 98.0 Å². The van der Waals surface area contributed by atoms with Gasteiger partial charge in [-0.25, -0.2) is 0 Å². The molecule has 0 bridgehead atoms. The van der Waals surface area contributed by atoms with Crippen molar-refractivity contribution in [1.82, 2.24) is 0 Å². The van der Waals surface area contributed by atoms with Crippen LogP contribution in [0.3, 0.4) is 0 Å². The van der Waals surface area contributed by atoms with E-state index in [0.717, 1.165) is 0 Å². The van der Waals surface area contributed by atoms with Gasteiger partial charge in [-0.15, -0.1) is 0 Å². The highest BCUT2D eigenvalue weighted by Crippen LogP contribution is 1.67. The van der Waals surface area contributed by atoms with Crippen LogP contribution in [-0.4, -0.2) is 28.2 Å². The summed E-state index contributed by atoms with van der Waals surface area (Å²) in [7, 11) is -2.89. The van der Waals surface area contributed by atoms with Crippen LogP contribution in [0.1, 0.15) is 0 Å². The van der Waals surface area contributed by atoms with E-state index in [1.54, 1.807) is 9.12 Å². The summed E-state index contributed by atoms with van der Waals surface area (Å²) >= 11 is 0. The second-order valence-corrected chi connectivity index (χ2v) is 1.80. The standard InChI is InChI=1S/H4O4Si.HOP/c1-5(2,3)4;1-2/h1-4H;2H. The molecule has 0 radical (unpaired) electrons. The van der Waals surface area contributed by atoms with Crippen LogP contribution in [0.5, 0.6) is 0 Å². The SMILES string of the molecule is O=P.O[Si](O)(O)O. The smallest absolute Gasteiger partial charge is 0.368 e. The Hall–Kier alpha value is 0.157. The fraction of sp³-hybridized carbons (Fsp3) is 0. The Kier molecular flexibility index (Phi) is 6.29. The molecule has 44 valence electrons. The van der Waals surface area contributed by atoms with Gasteiger partial charge in [0.2, 0.25) is 0 Å². The summed E-state index contributed by atoms with van der Waals surface area (Å²) < 4.78 is 8.06. The summed E-state index contributed by atoms with van der Waals surface area (Å²) in [6.07, 6.45) is 0. The summed E-state index contributed by atoms with van der Waals surface area (Å²) in [5, 5.41) is 0. The van der Waals surface area contributed by atoms with Gasteiger partial charge in [0.05, 0.1) is 0 Å². The molecule has 0 saturated carbocycles. The van der Waals surface area contributed by atoms with Gasteiger partial charge in [0.1, 0.15) is 9.12 Å². The van der Waals surface area contributed by atoms with E-state index in [1.165, 1.54) is 0 Å². The van der Waals surface area contributed by atoms with Gasteiger partial charge in [-0.2, -0.15) is 0 Å². The molecule has 0 amide bonds. The van der Waals surface area contributed by atoms with Crippen LogP contribution in [0.4, 0.5) is 0 Å². The quantitative estimate of drug-likeness (QED) is 0.230. The first-order valence-electron chi connectivity index (χ1n) is 1.10. The Balaban J connectivity index is 0. The molecule has 0 aromatic heterocycles. The molecular formula is H5O5PSi. The van der Waals surface area contributed by atoms with E-state index in [2.05, 4.69) is 0 Å². The molecule has 0 aliphatic heterocycles. The molecule has 0 fully saturated rings. The van der Waals surface area contributed by atoms with Crippen LogP contribution in [0.25, 0.3) is 0 Å². The predicted octanol–water partition coefficient (Wildman–Crippen LogP) is -2.13. The molecule has 0 aromatic carbocycles. The number of rotatable bonds is 0. The Morgan fingerprint density at radius 1 is 1.00 bits per heavy atom.